The Morgan fingerprint density at radius 1 is 1.21 bits per heavy atom. The van der Waals surface area contributed by atoms with Gasteiger partial charge in [-0.05, 0) is 36.2 Å². The molecule has 2 aromatic carbocycles. The van der Waals surface area contributed by atoms with Gasteiger partial charge in [-0.1, -0.05) is 24.3 Å². The van der Waals surface area contributed by atoms with E-state index in [1.165, 1.54) is 25.1 Å². The molecule has 0 fully saturated rings. The molecule has 0 bridgehead atoms. The molecule has 6 nitrogen and oxygen atoms in total. The number of nitrogens with one attached hydrogen (secondary N) is 3. The minimum atomic E-state index is -4.77. The first kappa shape index (κ1) is 19.5. The predicted molar refractivity (Wildman–Crippen MR) is 98.9 cm³/mol. The highest BCUT2D eigenvalue weighted by Gasteiger charge is 2.31. The fourth-order valence-corrected chi connectivity index (χ4v) is 2.83. The molecular formula is C19H19F3N4O2. The highest BCUT2D eigenvalue weighted by Crippen LogP contribution is 2.28. The van der Waals surface area contributed by atoms with Gasteiger partial charge < -0.3 is 20.4 Å². The summed E-state index contributed by atoms with van der Waals surface area (Å²) in [6, 6.07) is 12.8. The maximum atomic E-state index is 12.5. The van der Waals surface area contributed by atoms with Crippen molar-refractivity contribution in [2.45, 2.75) is 25.7 Å². The van der Waals surface area contributed by atoms with Crippen LogP contribution in [0.3, 0.4) is 0 Å². The molecule has 0 spiro atoms. The van der Waals surface area contributed by atoms with Gasteiger partial charge in [0.1, 0.15) is 5.75 Å². The number of imidazole rings is 1. The molecule has 0 aliphatic heterocycles. The summed E-state index contributed by atoms with van der Waals surface area (Å²) < 4.78 is 41.6. The number of ether oxygens (including phenoxy) is 1. The van der Waals surface area contributed by atoms with Crippen molar-refractivity contribution in [3.05, 3.63) is 54.1 Å². The van der Waals surface area contributed by atoms with Crippen molar-refractivity contribution in [3.63, 3.8) is 0 Å². The van der Waals surface area contributed by atoms with Crippen LogP contribution < -0.4 is 15.4 Å². The fourth-order valence-electron chi connectivity index (χ4n) is 2.83. The second-order valence-electron chi connectivity index (χ2n) is 6.19. The number of rotatable bonds is 7. The molecule has 148 valence electrons. The molecule has 0 saturated heterocycles. The topological polar surface area (TPSA) is 79.0 Å². The molecule has 1 amide bonds. The minimum absolute atomic E-state index is 0.184. The minimum Gasteiger partial charge on any atom is -0.406 e. The van der Waals surface area contributed by atoms with Crippen LogP contribution in [0.1, 0.15) is 24.9 Å². The molecule has 9 heteroatoms. The monoisotopic (exact) mass is 392 g/mol. The average molecular weight is 392 g/mol. The number of para-hydroxylation sites is 2. The molecule has 0 aliphatic rings. The number of halogens is 3. The van der Waals surface area contributed by atoms with Crippen LogP contribution in [0.2, 0.25) is 0 Å². The molecule has 0 aliphatic carbocycles. The van der Waals surface area contributed by atoms with E-state index in [1.54, 1.807) is 6.07 Å². The number of carbonyl (C=O) groups excluding carboxylic acids is 1. The van der Waals surface area contributed by atoms with Crippen molar-refractivity contribution in [2.24, 2.45) is 0 Å². The van der Waals surface area contributed by atoms with Gasteiger partial charge in [-0.15, -0.1) is 13.2 Å². The normalized spacial score (nSPS) is 12.6. The van der Waals surface area contributed by atoms with Crippen LogP contribution in [0.4, 0.5) is 19.1 Å². The Morgan fingerprint density at radius 2 is 2.00 bits per heavy atom. The van der Waals surface area contributed by atoms with Crippen LogP contribution >= 0.6 is 0 Å². The summed E-state index contributed by atoms with van der Waals surface area (Å²) in [5, 5.41) is 5.88. The van der Waals surface area contributed by atoms with Gasteiger partial charge >= 0.3 is 6.36 Å². The average Bonchev–Trinajstić information content (AvgIpc) is 3.02. The van der Waals surface area contributed by atoms with Crippen molar-refractivity contribution in [1.29, 1.82) is 0 Å². The maximum Gasteiger partial charge on any atom is 0.573 e. The third-order valence-corrected chi connectivity index (χ3v) is 4.00. The lowest BCUT2D eigenvalue weighted by Crippen LogP contribution is -2.25. The fraction of sp³-hybridized carbons (Fsp3) is 0.263. The SMILES string of the molecule is CC(=O)NCCC(Nc1nc2ccccc2[nH]1)c1cccc(OC(F)(F)F)c1. The van der Waals surface area contributed by atoms with E-state index in [9.17, 15) is 18.0 Å². The second-order valence-corrected chi connectivity index (χ2v) is 6.19. The number of carbonyl (C=O) groups is 1. The van der Waals surface area contributed by atoms with Gasteiger partial charge in [-0.3, -0.25) is 4.79 Å². The molecule has 1 atom stereocenters. The Balaban J connectivity index is 1.83. The summed E-state index contributed by atoms with van der Waals surface area (Å²) in [4.78, 5) is 18.7. The third-order valence-electron chi connectivity index (χ3n) is 4.00. The zero-order valence-corrected chi connectivity index (χ0v) is 15.0. The molecule has 3 aromatic rings. The molecule has 0 saturated carbocycles. The van der Waals surface area contributed by atoms with Gasteiger partial charge in [0.05, 0.1) is 17.1 Å². The van der Waals surface area contributed by atoms with E-state index in [1.807, 2.05) is 24.3 Å². The van der Waals surface area contributed by atoms with Gasteiger partial charge in [0, 0.05) is 13.5 Å². The quantitative estimate of drug-likeness (QED) is 0.565. The van der Waals surface area contributed by atoms with E-state index in [-0.39, 0.29) is 11.7 Å². The number of alkyl halides is 3. The van der Waals surface area contributed by atoms with Gasteiger partial charge in [0.15, 0.2) is 0 Å². The van der Waals surface area contributed by atoms with Crippen LogP contribution in [0.5, 0.6) is 5.75 Å². The van der Waals surface area contributed by atoms with E-state index < -0.39 is 12.4 Å². The van der Waals surface area contributed by atoms with E-state index in [0.717, 1.165) is 11.0 Å². The summed E-state index contributed by atoms with van der Waals surface area (Å²) in [5.74, 6) is -0.00579. The van der Waals surface area contributed by atoms with Crippen LogP contribution in [-0.2, 0) is 4.79 Å². The first-order valence-corrected chi connectivity index (χ1v) is 8.61. The van der Waals surface area contributed by atoms with Crippen LogP contribution in [0.25, 0.3) is 11.0 Å². The highest BCUT2D eigenvalue weighted by molar-refractivity contribution is 5.77. The standard InChI is InChI=1S/C19H19F3N4O2/c1-12(27)23-10-9-15(13-5-4-6-14(11-13)28-19(20,21)22)24-18-25-16-7-2-3-8-17(16)26-18/h2-8,11,15H,9-10H2,1H3,(H,23,27)(H2,24,25,26). The molecule has 0 radical (unpaired) electrons. The largest absolute Gasteiger partial charge is 0.573 e. The number of hydrogen-bond acceptors (Lipinski definition) is 4. The smallest absolute Gasteiger partial charge is 0.406 e. The van der Waals surface area contributed by atoms with E-state index in [2.05, 4.69) is 25.3 Å². The zero-order valence-electron chi connectivity index (χ0n) is 15.0. The Bertz CT molecular complexity index is 923. The van der Waals surface area contributed by atoms with Gasteiger partial charge in [0.2, 0.25) is 11.9 Å². The molecule has 1 heterocycles. The van der Waals surface area contributed by atoms with Gasteiger partial charge in [-0.2, -0.15) is 0 Å². The van der Waals surface area contributed by atoms with Gasteiger partial charge in [0.25, 0.3) is 0 Å². The lowest BCUT2D eigenvalue weighted by molar-refractivity contribution is -0.274. The van der Waals surface area contributed by atoms with Gasteiger partial charge in [-0.25, -0.2) is 4.98 Å². The first-order chi connectivity index (χ1) is 13.3. The predicted octanol–water partition coefficient (Wildman–Crippen LogP) is 4.14. The lowest BCUT2D eigenvalue weighted by Gasteiger charge is -2.20. The first-order valence-electron chi connectivity index (χ1n) is 8.61. The zero-order chi connectivity index (χ0) is 20.1. The van der Waals surface area contributed by atoms with Crippen molar-refractivity contribution >= 4 is 22.9 Å². The van der Waals surface area contributed by atoms with E-state index >= 15 is 0 Å². The van der Waals surface area contributed by atoms with Crippen molar-refractivity contribution in [1.82, 2.24) is 15.3 Å². The molecule has 3 N–H and O–H groups in total. The van der Waals surface area contributed by atoms with E-state index in [4.69, 9.17) is 0 Å². The molecule has 3 rings (SSSR count). The Morgan fingerprint density at radius 3 is 2.71 bits per heavy atom. The summed E-state index contributed by atoms with van der Waals surface area (Å²) in [7, 11) is 0. The Kier molecular flexibility index (Phi) is 5.72. The van der Waals surface area contributed by atoms with E-state index in [0.29, 0.717) is 24.5 Å². The third kappa shape index (κ3) is 5.38. The van der Waals surface area contributed by atoms with Crippen LogP contribution in [0, 0.1) is 0 Å². The number of aromatic amines is 1. The molecule has 1 unspecified atom stereocenters. The van der Waals surface area contributed by atoms with Crippen molar-refractivity contribution in [3.8, 4) is 5.75 Å². The molecule has 28 heavy (non-hydrogen) atoms. The number of hydrogen-bond donors (Lipinski definition) is 3. The van der Waals surface area contributed by atoms with Crippen LogP contribution in [0.15, 0.2) is 48.5 Å². The number of aromatic nitrogens is 2. The summed E-state index contributed by atoms with van der Waals surface area (Å²) in [6.45, 7) is 1.75. The number of nitrogens with zero attached hydrogens (tertiary/aromatic N) is 1. The number of fused-ring (bicyclic) bond motifs is 1. The molecular weight excluding hydrogens is 373 g/mol. The number of amides is 1. The lowest BCUT2D eigenvalue weighted by atomic mass is 10.0. The summed E-state index contributed by atoms with van der Waals surface area (Å²) in [6.07, 6.45) is -4.33. The second kappa shape index (κ2) is 8.20. The highest BCUT2D eigenvalue weighted by atomic mass is 19.4. The van der Waals surface area contributed by atoms with Crippen molar-refractivity contribution < 1.29 is 22.7 Å². The Labute approximate surface area is 159 Å². The van der Waals surface area contributed by atoms with Crippen LogP contribution in [-0.4, -0.2) is 28.8 Å². The Hall–Kier alpha value is -3.23. The van der Waals surface area contributed by atoms with Crippen molar-refractivity contribution in [2.75, 3.05) is 11.9 Å². The summed E-state index contributed by atoms with van der Waals surface area (Å²) in [5.41, 5.74) is 2.17. The molecule has 1 aromatic heterocycles. The maximum absolute atomic E-state index is 12.5. The summed E-state index contributed by atoms with van der Waals surface area (Å²) >= 11 is 0. The number of anilines is 1. The number of H-pyrrole nitrogens is 1. The number of benzene rings is 2.